The zero-order valence-electron chi connectivity index (χ0n) is 23.2. The number of methoxy groups -OCH3 is 1. The van der Waals surface area contributed by atoms with Crippen molar-refractivity contribution >= 4 is 23.9 Å². The van der Waals surface area contributed by atoms with Gasteiger partial charge in [-0.2, -0.15) is 0 Å². The molecule has 1 aromatic rings. The molecule has 0 radical (unpaired) electrons. The van der Waals surface area contributed by atoms with Gasteiger partial charge in [-0.1, -0.05) is 19.9 Å². The summed E-state index contributed by atoms with van der Waals surface area (Å²) in [7, 11) is 1.49. The minimum Gasteiger partial charge on any atom is -0.497 e. The van der Waals surface area contributed by atoms with Gasteiger partial charge in [-0.05, 0) is 57.4 Å². The Bertz CT molecular complexity index is 1090. The number of alkyl carbamates (subject to hydrolysis) is 1. The fourth-order valence-electron chi connectivity index (χ4n) is 4.57. The molecule has 11 nitrogen and oxygen atoms in total. The molecule has 0 unspecified atom stereocenters. The maximum atomic E-state index is 12.9. The van der Waals surface area contributed by atoms with Crippen LogP contribution in [0.5, 0.6) is 5.75 Å². The molecule has 1 fully saturated rings. The van der Waals surface area contributed by atoms with Gasteiger partial charge in [-0.25, -0.2) is 14.4 Å². The molecule has 2 heterocycles. The van der Waals surface area contributed by atoms with E-state index in [0.717, 1.165) is 0 Å². The second-order valence-electron chi connectivity index (χ2n) is 11.1. The van der Waals surface area contributed by atoms with Gasteiger partial charge in [0.15, 0.2) is 6.10 Å². The number of nitrogens with one attached hydrogen (secondary N) is 1. The number of aliphatic hydroxyl groups is 1. The van der Waals surface area contributed by atoms with E-state index < -0.39 is 54.0 Å². The molecule has 2 aliphatic rings. The summed E-state index contributed by atoms with van der Waals surface area (Å²) < 4.78 is 21.7. The van der Waals surface area contributed by atoms with E-state index in [1.54, 1.807) is 45.0 Å². The zero-order valence-corrected chi connectivity index (χ0v) is 23.2. The molecule has 2 N–H and O–H groups in total. The first-order valence-corrected chi connectivity index (χ1v) is 13.0. The lowest BCUT2D eigenvalue weighted by Gasteiger charge is -2.31. The molecule has 11 heteroatoms. The first-order chi connectivity index (χ1) is 18.3. The average Bonchev–Trinajstić information content (AvgIpc) is 3.28. The van der Waals surface area contributed by atoms with Gasteiger partial charge in [0, 0.05) is 12.5 Å². The van der Waals surface area contributed by atoms with Crippen molar-refractivity contribution in [3.8, 4) is 5.75 Å². The maximum absolute atomic E-state index is 12.9. The van der Waals surface area contributed by atoms with Crippen LogP contribution in [0, 0.1) is 5.92 Å². The lowest BCUT2D eigenvalue weighted by Crippen LogP contribution is -2.50. The number of carbonyl (C=O) groups is 4. The van der Waals surface area contributed by atoms with Crippen molar-refractivity contribution in [2.75, 3.05) is 13.7 Å². The van der Waals surface area contributed by atoms with E-state index in [1.165, 1.54) is 24.2 Å². The number of nitrogens with zero attached hydrogens (tertiary/aromatic N) is 1. The van der Waals surface area contributed by atoms with Crippen LogP contribution in [-0.2, 0) is 23.8 Å². The van der Waals surface area contributed by atoms with Gasteiger partial charge in [0.2, 0.25) is 5.91 Å². The van der Waals surface area contributed by atoms with Gasteiger partial charge < -0.3 is 34.3 Å². The Morgan fingerprint density at radius 1 is 1.18 bits per heavy atom. The quantitative estimate of drug-likeness (QED) is 0.353. The van der Waals surface area contributed by atoms with E-state index in [-0.39, 0.29) is 24.8 Å². The second-order valence-corrected chi connectivity index (χ2v) is 11.1. The Hall–Kier alpha value is -3.60. The van der Waals surface area contributed by atoms with Gasteiger partial charge in [-0.3, -0.25) is 4.79 Å². The molecule has 3 rings (SSSR count). The van der Waals surface area contributed by atoms with E-state index >= 15 is 0 Å². The minimum absolute atomic E-state index is 0.0524. The molecule has 214 valence electrons. The summed E-state index contributed by atoms with van der Waals surface area (Å²) in [6.45, 7) is 8.99. The third-order valence-electron chi connectivity index (χ3n) is 6.28. The highest BCUT2D eigenvalue weighted by Crippen LogP contribution is 2.30. The lowest BCUT2D eigenvalue weighted by molar-refractivity contribution is -0.160. The van der Waals surface area contributed by atoms with Crippen LogP contribution in [0.2, 0.25) is 0 Å². The molecule has 0 aliphatic carbocycles. The van der Waals surface area contributed by atoms with Gasteiger partial charge >= 0.3 is 18.0 Å². The number of aliphatic hydroxyl groups excluding tert-OH is 1. The number of benzene rings is 1. The number of rotatable bonds is 9. The molecule has 1 saturated heterocycles. The van der Waals surface area contributed by atoms with Crippen LogP contribution in [0.25, 0.3) is 0 Å². The molecular formula is C28H38N2O9. The van der Waals surface area contributed by atoms with Crippen LogP contribution in [0.15, 0.2) is 36.4 Å². The summed E-state index contributed by atoms with van der Waals surface area (Å²) in [5.41, 5.74) is -0.455. The largest absolute Gasteiger partial charge is 0.497 e. The van der Waals surface area contributed by atoms with E-state index in [1.807, 2.05) is 13.8 Å². The van der Waals surface area contributed by atoms with E-state index in [2.05, 4.69) is 5.32 Å². The smallest absolute Gasteiger partial charge is 0.407 e. The Balaban J connectivity index is 1.64. The summed E-state index contributed by atoms with van der Waals surface area (Å²) in [5.74, 6) is -1.25. The Morgan fingerprint density at radius 2 is 1.90 bits per heavy atom. The fraction of sp³-hybridized carbons (Fsp3) is 0.571. The van der Waals surface area contributed by atoms with Crippen molar-refractivity contribution in [1.29, 1.82) is 0 Å². The highest BCUT2D eigenvalue weighted by Gasteiger charge is 2.45. The van der Waals surface area contributed by atoms with Crippen molar-refractivity contribution in [3.63, 3.8) is 0 Å². The van der Waals surface area contributed by atoms with Gasteiger partial charge in [0.25, 0.3) is 0 Å². The van der Waals surface area contributed by atoms with Crippen molar-refractivity contribution in [3.05, 3.63) is 42.0 Å². The molecule has 0 aromatic heterocycles. The van der Waals surface area contributed by atoms with Crippen LogP contribution < -0.4 is 10.1 Å². The summed E-state index contributed by atoms with van der Waals surface area (Å²) in [4.78, 5) is 52.0. The predicted molar refractivity (Wildman–Crippen MR) is 140 cm³/mol. The van der Waals surface area contributed by atoms with E-state index in [0.29, 0.717) is 17.7 Å². The van der Waals surface area contributed by atoms with Gasteiger partial charge in [0.1, 0.15) is 23.6 Å². The number of amides is 2. The number of fused-ring (bicyclic) bond motifs is 1. The molecule has 39 heavy (non-hydrogen) atoms. The summed E-state index contributed by atoms with van der Waals surface area (Å²) in [6.07, 6.45) is -0.535. The first kappa shape index (κ1) is 29.9. The monoisotopic (exact) mass is 546 g/mol. The van der Waals surface area contributed by atoms with Crippen LogP contribution in [0.1, 0.15) is 57.8 Å². The maximum Gasteiger partial charge on any atom is 0.407 e. The fourth-order valence-corrected chi connectivity index (χ4v) is 4.57. The Morgan fingerprint density at radius 3 is 2.54 bits per heavy atom. The Kier molecular flexibility index (Phi) is 9.60. The summed E-state index contributed by atoms with van der Waals surface area (Å²) in [6, 6.07) is 5.05. The third kappa shape index (κ3) is 8.19. The highest BCUT2D eigenvalue weighted by atomic mass is 16.6. The molecule has 1 aromatic carbocycles. The van der Waals surface area contributed by atoms with Crippen LogP contribution in [0.3, 0.4) is 0 Å². The number of esters is 2. The molecule has 0 spiro atoms. The summed E-state index contributed by atoms with van der Waals surface area (Å²) in [5, 5.41) is 13.3. The number of hydrogen-bond donors (Lipinski definition) is 2. The highest BCUT2D eigenvalue weighted by molar-refractivity contribution is 5.92. The number of ether oxygens (including phenoxy) is 4. The SMILES string of the molecule is COc1cccc(C(=O)O[C@H]2C=CC(=O)N3C[C@@H](OC(=O)[C@H](O)[C@H](CC(C)C)NC(=O)OC(C)(C)C)C[C@H]23)c1. The van der Waals surface area contributed by atoms with Crippen LogP contribution in [0.4, 0.5) is 4.79 Å². The molecule has 0 bridgehead atoms. The van der Waals surface area contributed by atoms with Gasteiger partial charge in [0.05, 0.1) is 31.3 Å². The standard InChI is InChI=1S/C28H38N2O9/c1-16(2)12-20(29-27(35)39-28(3,4)5)24(32)26(34)37-19-14-21-22(10-11-23(31)30(21)15-19)38-25(33)17-8-7-9-18(13-17)36-6/h7-11,13,16,19-22,24,32H,12,14-15H2,1-6H3,(H,29,35)/t19-,20-,21+,22-,24+/m0/s1. The zero-order chi connectivity index (χ0) is 28.9. The average molecular weight is 547 g/mol. The Labute approximate surface area is 228 Å². The third-order valence-corrected chi connectivity index (χ3v) is 6.28. The van der Waals surface area contributed by atoms with Gasteiger partial charge in [-0.15, -0.1) is 0 Å². The lowest BCUT2D eigenvalue weighted by atomic mass is 9.99. The molecular weight excluding hydrogens is 508 g/mol. The van der Waals surface area contributed by atoms with Crippen LogP contribution in [-0.4, -0.2) is 83.6 Å². The number of carbonyl (C=O) groups excluding carboxylic acids is 4. The van der Waals surface area contributed by atoms with Crippen molar-refractivity contribution in [1.82, 2.24) is 10.2 Å². The molecule has 5 atom stereocenters. The van der Waals surface area contributed by atoms with E-state index in [9.17, 15) is 24.3 Å². The molecule has 0 saturated carbocycles. The van der Waals surface area contributed by atoms with E-state index in [4.69, 9.17) is 18.9 Å². The van der Waals surface area contributed by atoms with Crippen molar-refractivity contribution in [2.45, 2.75) is 83.5 Å². The molecule has 2 aliphatic heterocycles. The minimum atomic E-state index is -1.65. The normalized spacial score (nSPS) is 22.1. The van der Waals surface area contributed by atoms with Crippen molar-refractivity contribution in [2.24, 2.45) is 5.92 Å². The van der Waals surface area contributed by atoms with Crippen molar-refractivity contribution < 1.29 is 43.2 Å². The summed E-state index contributed by atoms with van der Waals surface area (Å²) >= 11 is 0. The number of hydrogen-bond acceptors (Lipinski definition) is 9. The first-order valence-electron chi connectivity index (χ1n) is 13.0. The topological polar surface area (TPSA) is 141 Å². The predicted octanol–water partition coefficient (Wildman–Crippen LogP) is 2.60. The van der Waals surface area contributed by atoms with Crippen LogP contribution >= 0.6 is 0 Å². The second kappa shape index (κ2) is 12.5. The molecule has 2 amide bonds.